The predicted octanol–water partition coefficient (Wildman–Crippen LogP) is 3.25. The number of carboxylic acids is 1. The number of carboxylic acid groups (broad SMARTS) is 1. The lowest BCUT2D eigenvalue weighted by atomic mass is 10.2. The standard InChI is InChI=1S/C11H11ClO3.ClH/c12-10-4-3-8(5-9(10)11(13)14)15-6-7-1-2-7;/h3-5,7H,1-2,6H2,(H,13,14);1H. The van der Waals surface area contributed by atoms with Crippen LogP contribution in [0.1, 0.15) is 23.2 Å². The van der Waals surface area contributed by atoms with Crippen molar-refractivity contribution in [3.8, 4) is 5.75 Å². The number of rotatable bonds is 4. The highest BCUT2D eigenvalue weighted by Crippen LogP contribution is 2.30. The van der Waals surface area contributed by atoms with Gasteiger partial charge in [-0.3, -0.25) is 0 Å². The predicted molar refractivity (Wildman–Crippen MR) is 63.9 cm³/mol. The molecule has 16 heavy (non-hydrogen) atoms. The first-order chi connectivity index (χ1) is 7.16. The van der Waals surface area contributed by atoms with Crippen molar-refractivity contribution in [2.75, 3.05) is 6.61 Å². The molecule has 1 saturated carbocycles. The van der Waals surface area contributed by atoms with Crippen LogP contribution in [0.3, 0.4) is 0 Å². The summed E-state index contributed by atoms with van der Waals surface area (Å²) in [7, 11) is 0. The molecule has 0 atom stereocenters. The lowest BCUT2D eigenvalue weighted by Gasteiger charge is -2.06. The van der Waals surface area contributed by atoms with Crippen molar-refractivity contribution >= 4 is 30.0 Å². The van der Waals surface area contributed by atoms with E-state index in [-0.39, 0.29) is 23.0 Å². The van der Waals surface area contributed by atoms with E-state index in [2.05, 4.69) is 0 Å². The summed E-state index contributed by atoms with van der Waals surface area (Å²) < 4.78 is 5.45. The van der Waals surface area contributed by atoms with Gasteiger partial charge in [-0.15, -0.1) is 12.4 Å². The highest BCUT2D eigenvalue weighted by atomic mass is 35.5. The highest BCUT2D eigenvalue weighted by molar-refractivity contribution is 6.33. The Morgan fingerprint density at radius 3 is 2.75 bits per heavy atom. The molecule has 1 fully saturated rings. The Morgan fingerprint density at radius 1 is 1.50 bits per heavy atom. The molecule has 0 radical (unpaired) electrons. The van der Waals surface area contributed by atoms with E-state index in [0.29, 0.717) is 18.3 Å². The van der Waals surface area contributed by atoms with Crippen LogP contribution in [-0.2, 0) is 0 Å². The minimum Gasteiger partial charge on any atom is -0.493 e. The van der Waals surface area contributed by atoms with Gasteiger partial charge in [0.05, 0.1) is 17.2 Å². The normalized spacial score (nSPS) is 14.1. The third kappa shape index (κ3) is 3.29. The maximum atomic E-state index is 10.8. The monoisotopic (exact) mass is 262 g/mol. The number of ether oxygens (including phenoxy) is 1. The Labute approximate surface area is 105 Å². The Kier molecular flexibility index (Phi) is 4.44. The van der Waals surface area contributed by atoms with Gasteiger partial charge in [-0.25, -0.2) is 4.79 Å². The molecule has 1 aromatic rings. The number of carbonyl (C=O) groups is 1. The number of aromatic carboxylic acids is 1. The number of hydrogen-bond donors (Lipinski definition) is 1. The molecule has 0 amide bonds. The van der Waals surface area contributed by atoms with Gasteiger partial charge in [-0.05, 0) is 37.0 Å². The van der Waals surface area contributed by atoms with Gasteiger partial charge in [-0.2, -0.15) is 0 Å². The lowest BCUT2D eigenvalue weighted by molar-refractivity contribution is 0.0696. The Balaban J connectivity index is 0.00000128. The van der Waals surface area contributed by atoms with Crippen molar-refractivity contribution < 1.29 is 14.6 Å². The third-order valence-corrected chi connectivity index (χ3v) is 2.68. The minimum absolute atomic E-state index is 0. The highest BCUT2D eigenvalue weighted by Gasteiger charge is 2.22. The molecule has 1 aromatic carbocycles. The molecule has 2 rings (SSSR count). The van der Waals surface area contributed by atoms with Crippen LogP contribution < -0.4 is 4.74 Å². The summed E-state index contributed by atoms with van der Waals surface area (Å²) in [5.41, 5.74) is 0.0879. The van der Waals surface area contributed by atoms with E-state index in [1.165, 1.54) is 18.9 Å². The van der Waals surface area contributed by atoms with Crippen molar-refractivity contribution in [1.29, 1.82) is 0 Å². The van der Waals surface area contributed by atoms with Gasteiger partial charge in [0.2, 0.25) is 0 Å². The molecule has 5 heteroatoms. The number of halogens is 2. The molecule has 0 aliphatic heterocycles. The smallest absolute Gasteiger partial charge is 0.337 e. The molecule has 1 aliphatic rings. The minimum atomic E-state index is -1.03. The van der Waals surface area contributed by atoms with E-state index in [1.54, 1.807) is 12.1 Å². The SMILES string of the molecule is Cl.O=C(O)c1cc(OCC2CC2)ccc1Cl. The largest absolute Gasteiger partial charge is 0.493 e. The van der Waals surface area contributed by atoms with E-state index >= 15 is 0 Å². The van der Waals surface area contributed by atoms with Crippen molar-refractivity contribution in [2.24, 2.45) is 5.92 Å². The lowest BCUT2D eigenvalue weighted by Crippen LogP contribution is -2.02. The second-order valence-corrected chi connectivity index (χ2v) is 4.11. The second kappa shape index (κ2) is 5.41. The molecular formula is C11H12Cl2O3. The van der Waals surface area contributed by atoms with Gasteiger partial charge in [-0.1, -0.05) is 11.6 Å². The van der Waals surface area contributed by atoms with Crippen molar-refractivity contribution in [2.45, 2.75) is 12.8 Å². The Hall–Kier alpha value is -0.930. The van der Waals surface area contributed by atoms with E-state index in [9.17, 15) is 4.79 Å². The summed E-state index contributed by atoms with van der Waals surface area (Å²) >= 11 is 5.73. The van der Waals surface area contributed by atoms with Crippen molar-refractivity contribution in [1.82, 2.24) is 0 Å². The summed E-state index contributed by atoms with van der Waals surface area (Å²) in [6, 6.07) is 4.71. The molecule has 1 N–H and O–H groups in total. The average molecular weight is 263 g/mol. The molecule has 3 nitrogen and oxygen atoms in total. The zero-order valence-corrected chi connectivity index (χ0v) is 10.1. The quantitative estimate of drug-likeness (QED) is 0.906. The van der Waals surface area contributed by atoms with Crippen LogP contribution in [0.2, 0.25) is 5.02 Å². The Bertz CT molecular complexity index is 389. The van der Waals surface area contributed by atoms with Gasteiger partial charge in [0, 0.05) is 0 Å². The molecule has 0 unspecified atom stereocenters. The fraction of sp³-hybridized carbons (Fsp3) is 0.364. The second-order valence-electron chi connectivity index (χ2n) is 3.70. The van der Waals surface area contributed by atoms with E-state index in [4.69, 9.17) is 21.4 Å². The van der Waals surface area contributed by atoms with Crippen LogP contribution in [0.25, 0.3) is 0 Å². The molecule has 88 valence electrons. The molecular weight excluding hydrogens is 251 g/mol. The van der Waals surface area contributed by atoms with E-state index < -0.39 is 5.97 Å². The van der Waals surface area contributed by atoms with Crippen LogP contribution in [0.4, 0.5) is 0 Å². The average Bonchev–Trinajstić information content (AvgIpc) is 3.00. The summed E-state index contributed by atoms with van der Waals surface area (Å²) in [5, 5.41) is 9.08. The first kappa shape index (κ1) is 13.1. The topological polar surface area (TPSA) is 46.5 Å². The molecule has 0 bridgehead atoms. The molecule has 0 heterocycles. The molecule has 0 spiro atoms. The van der Waals surface area contributed by atoms with E-state index in [1.807, 2.05) is 0 Å². The fourth-order valence-electron chi connectivity index (χ4n) is 1.26. The molecule has 0 aromatic heterocycles. The summed E-state index contributed by atoms with van der Waals surface area (Å²) in [6.07, 6.45) is 2.42. The van der Waals surface area contributed by atoms with Crippen LogP contribution in [0.15, 0.2) is 18.2 Å². The maximum Gasteiger partial charge on any atom is 0.337 e. The zero-order chi connectivity index (χ0) is 10.8. The van der Waals surface area contributed by atoms with Gasteiger partial charge < -0.3 is 9.84 Å². The maximum absolute atomic E-state index is 10.8. The van der Waals surface area contributed by atoms with Gasteiger partial charge in [0.25, 0.3) is 0 Å². The molecule has 0 saturated heterocycles. The first-order valence-electron chi connectivity index (χ1n) is 4.82. The first-order valence-corrected chi connectivity index (χ1v) is 5.20. The van der Waals surface area contributed by atoms with Crippen molar-refractivity contribution in [3.05, 3.63) is 28.8 Å². The summed E-state index contributed by atoms with van der Waals surface area (Å²) in [4.78, 5) is 10.8. The van der Waals surface area contributed by atoms with Crippen LogP contribution >= 0.6 is 24.0 Å². The van der Waals surface area contributed by atoms with E-state index in [0.717, 1.165) is 0 Å². The van der Waals surface area contributed by atoms with Crippen LogP contribution in [-0.4, -0.2) is 17.7 Å². The van der Waals surface area contributed by atoms with Gasteiger partial charge in [0.1, 0.15) is 5.75 Å². The molecule has 1 aliphatic carbocycles. The third-order valence-electron chi connectivity index (χ3n) is 2.35. The van der Waals surface area contributed by atoms with Gasteiger partial charge >= 0.3 is 5.97 Å². The number of hydrogen-bond acceptors (Lipinski definition) is 2. The van der Waals surface area contributed by atoms with Crippen LogP contribution in [0.5, 0.6) is 5.75 Å². The Morgan fingerprint density at radius 2 is 2.19 bits per heavy atom. The summed E-state index contributed by atoms with van der Waals surface area (Å²) in [6.45, 7) is 0.667. The van der Waals surface area contributed by atoms with Crippen LogP contribution in [0, 0.1) is 5.92 Å². The van der Waals surface area contributed by atoms with Gasteiger partial charge in [0.15, 0.2) is 0 Å². The zero-order valence-electron chi connectivity index (χ0n) is 8.48. The van der Waals surface area contributed by atoms with Crippen molar-refractivity contribution in [3.63, 3.8) is 0 Å². The fourth-order valence-corrected chi connectivity index (χ4v) is 1.46. The summed E-state index contributed by atoms with van der Waals surface area (Å²) in [5.74, 6) is 0.189. The number of benzene rings is 1.